The van der Waals surface area contributed by atoms with Crippen LogP contribution in [0.2, 0.25) is 5.02 Å². The topological polar surface area (TPSA) is 61.4 Å². The molecule has 0 aliphatic carbocycles. The van der Waals surface area contributed by atoms with Crippen LogP contribution in [0, 0.1) is 0 Å². The van der Waals surface area contributed by atoms with Gasteiger partial charge in [0.25, 0.3) is 5.91 Å². The molecule has 3 N–H and O–H groups in total. The molecule has 1 amide bonds. The third-order valence-electron chi connectivity index (χ3n) is 2.84. The second-order valence-corrected chi connectivity index (χ2v) is 4.59. The van der Waals surface area contributed by atoms with Crippen molar-refractivity contribution in [2.75, 3.05) is 13.1 Å². The van der Waals surface area contributed by atoms with Gasteiger partial charge < -0.3 is 15.7 Å². The van der Waals surface area contributed by atoms with E-state index in [0.29, 0.717) is 5.56 Å². The second-order valence-electron chi connectivity index (χ2n) is 4.18. The molecular formula is C12H15ClN2O2. The lowest BCUT2D eigenvalue weighted by Crippen LogP contribution is -2.45. The summed E-state index contributed by atoms with van der Waals surface area (Å²) in [5.74, 6) is -0.164. The number of piperidine rings is 1. The SMILES string of the molecule is O=C(N[C@@H]1CCCNC1)c1ccc(O)c(Cl)c1. The van der Waals surface area contributed by atoms with E-state index in [-0.39, 0.29) is 22.7 Å². The summed E-state index contributed by atoms with van der Waals surface area (Å²) < 4.78 is 0. The third-order valence-corrected chi connectivity index (χ3v) is 3.14. The Hall–Kier alpha value is -1.26. The molecule has 0 unspecified atom stereocenters. The Morgan fingerprint density at radius 2 is 2.35 bits per heavy atom. The number of halogens is 1. The van der Waals surface area contributed by atoms with Gasteiger partial charge in [-0.1, -0.05) is 11.6 Å². The average Bonchev–Trinajstić information content (AvgIpc) is 2.34. The van der Waals surface area contributed by atoms with Gasteiger partial charge in [-0.15, -0.1) is 0 Å². The van der Waals surface area contributed by atoms with Crippen molar-refractivity contribution in [2.45, 2.75) is 18.9 Å². The van der Waals surface area contributed by atoms with Crippen LogP contribution < -0.4 is 10.6 Å². The highest BCUT2D eigenvalue weighted by Crippen LogP contribution is 2.23. The fourth-order valence-electron chi connectivity index (χ4n) is 1.89. The Morgan fingerprint density at radius 3 is 3.00 bits per heavy atom. The molecule has 1 aromatic carbocycles. The minimum atomic E-state index is -0.152. The van der Waals surface area contributed by atoms with Crippen LogP contribution in [0.25, 0.3) is 0 Å². The van der Waals surface area contributed by atoms with E-state index in [2.05, 4.69) is 10.6 Å². The lowest BCUT2D eigenvalue weighted by molar-refractivity contribution is 0.0930. The first-order chi connectivity index (χ1) is 8.16. The summed E-state index contributed by atoms with van der Waals surface area (Å²) in [4.78, 5) is 11.9. The predicted molar refractivity (Wildman–Crippen MR) is 66.5 cm³/mol. The van der Waals surface area contributed by atoms with Gasteiger partial charge in [-0.2, -0.15) is 0 Å². The van der Waals surface area contributed by atoms with Crippen LogP contribution in [0.15, 0.2) is 18.2 Å². The number of phenolic OH excluding ortho intramolecular Hbond substituents is 1. The van der Waals surface area contributed by atoms with Crippen molar-refractivity contribution in [1.82, 2.24) is 10.6 Å². The summed E-state index contributed by atoms with van der Waals surface area (Å²) >= 11 is 5.76. The van der Waals surface area contributed by atoms with Gasteiger partial charge in [0, 0.05) is 18.2 Å². The molecule has 1 aliphatic heterocycles. The summed E-state index contributed by atoms with van der Waals surface area (Å²) in [6.07, 6.45) is 2.06. The van der Waals surface area contributed by atoms with Crippen LogP contribution in [0.3, 0.4) is 0 Å². The molecule has 1 saturated heterocycles. The molecule has 2 rings (SSSR count). The van der Waals surface area contributed by atoms with Gasteiger partial charge in [0.05, 0.1) is 5.02 Å². The maximum Gasteiger partial charge on any atom is 0.251 e. The average molecular weight is 255 g/mol. The molecule has 4 nitrogen and oxygen atoms in total. The normalized spacial score (nSPS) is 19.9. The van der Waals surface area contributed by atoms with Crippen LogP contribution in [-0.2, 0) is 0 Å². The number of carbonyl (C=O) groups is 1. The van der Waals surface area contributed by atoms with E-state index in [1.54, 1.807) is 6.07 Å². The van der Waals surface area contributed by atoms with E-state index in [0.717, 1.165) is 25.9 Å². The first-order valence-electron chi connectivity index (χ1n) is 5.67. The Kier molecular flexibility index (Phi) is 3.86. The van der Waals surface area contributed by atoms with Gasteiger partial charge >= 0.3 is 0 Å². The van der Waals surface area contributed by atoms with Crippen LogP contribution in [0.1, 0.15) is 23.2 Å². The lowest BCUT2D eigenvalue weighted by Gasteiger charge is -2.23. The minimum Gasteiger partial charge on any atom is -0.506 e. The molecule has 0 bridgehead atoms. The molecule has 0 radical (unpaired) electrons. The first kappa shape index (κ1) is 12.2. The Bertz CT molecular complexity index is 417. The first-order valence-corrected chi connectivity index (χ1v) is 6.04. The van der Waals surface area contributed by atoms with E-state index in [4.69, 9.17) is 11.6 Å². The van der Waals surface area contributed by atoms with Gasteiger partial charge in [-0.25, -0.2) is 0 Å². The van der Waals surface area contributed by atoms with Crippen molar-refractivity contribution in [3.05, 3.63) is 28.8 Å². The number of aromatic hydroxyl groups is 1. The van der Waals surface area contributed by atoms with Gasteiger partial charge in [-0.05, 0) is 37.6 Å². The van der Waals surface area contributed by atoms with Crippen molar-refractivity contribution in [3.8, 4) is 5.75 Å². The van der Waals surface area contributed by atoms with Crippen LogP contribution in [0.4, 0.5) is 0 Å². The molecule has 1 aliphatic rings. The summed E-state index contributed by atoms with van der Waals surface area (Å²) in [6.45, 7) is 1.81. The van der Waals surface area contributed by atoms with E-state index in [9.17, 15) is 9.90 Å². The van der Waals surface area contributed by atoms with Crippen molar-refractivity contribution in [1.29, 1.82) is 0 Å². The van der Waals surface area contributed by atoms with E-state index < -0.39 is 0 Å². The molecule has 92 valence electrons. The van der Waals surface area contributed by atoms with Gasteiger partial charge in [0.1, 0.15) is 5.75 Å². The standard InChI is InChI=1S/C12H15ClN2O2/c13-10-6-8(3-4-11(10)16)12(17)15-9-2-1-5-14-7-9/h3-4,6,9,14,16H,1-2,5,7H2,(H,15,17)/t9-/m1/s1. The zero-order valence-corrected chi connectivity index (χ0v) is 10.1. The number of hydrogen-bond donors (Lipinski definition) is 3. The quantitative estimate of drug-likeness (QED) is 0.750. The summed E-state index contributed by atoms with van der Waals surface area (Å²) in [5, 5.41) is 15.6. The van der Waals surface area contributed by atoms with Crippen molar-refractivity contribution >= 4 is 17.5 Å². The number of amides is 1. The lowest BCUT2D eigenvalue weighted by atomic mass is 10.1. The number of phenols is 1. The summed E-state index contributed by atoms with van der Waals surface area (Å²) in [5.41, 5.74) is 0.471. The van der Waals surface area contributed by atoms with E-state index in [1.165, 1.54) is 12.1 Å². The molecule has 0 spiro atoms. The van der Waals surface area contributed by atoms with E-state index in [1.807, 2.05) is 0 Å². The molecule has 1 fully saturated rings. The molecule has 0 saturated carbocycles. The smallest absolute Gasteiger partial charge is 0.251 e. The molecule has 0 aromatic heterocycles. The zero-order chi connectivity index (χ0) is 12.3. The van der Waals surface area contributed by atoms with Crippen LogP contribution >= 0.6 is 11.6 Å². The fraction of sp³-hybridized carbons (Fsp3) is 0.417. The van der Waals surface area contributed by atoms with Crippen molar-refractivity contribution < 1.29 is 9.90 Å². The number of hydrogen-bond acceptors (Lipinski definition) is 3. The monoisotopic (exact) mass is 254 g/mol. The summed E-state index contributed by atoms with van der Waals surface area (Å²) in [7, 11) is 0. The highest BCUT2D eigenvalue weighted by molar-refractivity contribution is 6.32. The number of nitrogens with one attached hydrogen (secondary N) is 2. The fourth-order valence-corrected chi connectivity index (χ4v) is 2.07. The highest BCUT2D eigenvalue weighted by Gasteiger charge is 2.16. The number of rotatable bonds is 2. The van der Waals surface area contributed by atoms with Gasteiger partial charge in [0.15, 0.2) is 0 Å². The van der Waals surface area contributed by atoms with Gasteiger partial charge in [-0.3, -0.25) is 4.79 Å². The molecule has 1 aromatic rings. The largest absolute Gasteiger partial charge is 0.506 e. The zero-order valence-electron chi connectivity index (χ0n) is 9.37. The Morgan fingerprint density at radius 1 is 1.53 bits per heavy atom. The number of carbonyl (C=O) groups excluding carboxylic acids is 1. The number of benzene rings is 1. The minimum absolute atomic E-state index is 0.0115. The molecule has 1 heterocycles. The maximum atomic E-state index is 11.9. The molecule has 1 atom stereocenters. The summed E-state index contributed by atoms with van der Waals surface area (Å²) in [6, 6.07) is 4.63. The predicted octanol–water partition coefficient (Wildman–Crippen LogP) is 1.53. The Balaban J connectivity index is 2.01. The maximum absolute atomic E-state index is 11.9. The molecular weight excluding hydrogens is 240 g/mol. The highest BCUT2D eigenvalue weighted by atomic mass is 35.5. The Labute approximate surface area is 105 Å². The van der Waals surface area contributed by atoms with E-state index >= 15 is 0 Å². The van der Waals surface area contributed by atoms with Crippen molar-refractivity contribution in [2.24, 2.45) is 0 Å². The van der Waals surface area contributed by atoms with Gasteiger partial charge in [0.2, 0.25) is 0 Å². The van der Waals surface area contributed by atoms with Crippen LogP contribution in [-0.4, -0.2) is 30.1 Å². The van der Waals surface area contributed by atoms with Crippen LogP contribution in [0.5, 0.6) is 5.75 Å². The van der Waals surface area contributed by atoms with Crippen molar-refractivity contribution in [3.63, 3.8) is 0 Å². The molecule has 17 heavy (non-hydrogen) atoms. The molecule has 5 heteroatoms. The third kappa shape index (κ3) is 3.11. The second kappa shape index (κ2) is 5.38.